The van der Waals surface area contributed by atoms with Crippen LogP contribution in [-0.4, -0.2) is 47.5 Å². The number of nitrogens with zero attached hydrogens (tertiary/aromatic N) is 4. The monoisotopic (exact) mass is 379 g/mol. The van der Waals surface area contributed by atoms with E-state index in [1.54, 1.807) is 6.20 Å². The number of hydrogen-bond donors (Lipinski definition) is 1. The normalized spacial score (nSPS) is 17.0. The summed E-state index contributed by atoms with van der Waals surface area (Å²) in [5, 5.41) is 4.10. The van der Waals surface area contributed by atoms with Crippen LogP contribution in [0.4, 0.5) is 5.82 Å². The molecule has 28 heavy (non-hydrogen) atoms. The number of anilines is 1. The highest BCUT2D eigenvalue weighted by Gasteiger charge is 2.20. The molecule has 1 aliphatic heterocycles. The van der Waals surface area contributed by atoms with Gasteiger partial charge in [-0.3, -0.25) is 0 Å². The SMILES string of the molecule is NCC1CN(c2ccc(-c3nc(CCCc4ccccc4)no3)cn2)CCO1. The maximum atomic E-state index is 5.71. The molecule has 1 unspecified atom stereocenters. The Hall–Kier alpha value is -2.77. The topological polar surface area (TPSA) is 90.3 Å². The van der Waals surface area contributed by atoms with Crippen LogP contribution in [0.5, 0.6) is 0 Å². The van der Waals surface area contributed by atoms with Crippen molar-refractivity contribution in [2.75, 3.05) is 31.1 Å². The summed E-state index contributed by atoms with van der Waals surface area (Å²) in [5.41, 5.74) is 7.87. The Morgan fingerprint density at radius 2 is 2.00 bits per heavy atom. The van der Waals surface area contributed by atoms with Crippen LogP contribution in [0.2, 0.25) is 0 Å². The van der Waals surface area contributed by atoms with E-state index in [0.29, 0.717) is 19.0 Å². The predicted octanol–water partition coefficient (Wildman–Crippen LogP) is 2.47. The van der Waals surface area contributed by atoms with Gasteiger partial charge in [-0.05, 0) is 30.5 Å². The van der Waals surface area contributed by atoms with Gasteiger partial charge in [0.2, 0.25) is 0 Å². The Bertz CT molecular complexity index is 866. The maximum Gasteiger partial charge on any atom is 0.259 e. The highest BCUT2D eigenvalue weighted by atomic mass is 16.5. The van der Waals surface area contributed by atoms with Crippen LogP contribution in [0, 0.1) is 0 Å². The number of benzene rings is 1. The molecule has 4 rings (SSSR count). The quantitative estimate of drug-likeness (QED) is 0.674. The number of hydrogen-bond acceptors (Lipinski definition) is 7. The number of rotatable bonds is 7. The van der Waals surface area contributed by atoms with Crippen molar-refractivity contribution >= 4 is 5.82 Å². The van der Waals surface area contributed by atoms with Gasteiger partial charge in [0, 0.05) is 32.3 Å². The molecule has 1 saturated heterocycles. The Labute approximate surface area is 164 Å². The zero-order valence-corrected chi connectivity index (χ0v) is 15.8. The van der Waals surface area contributed by atoms with Crippen molar-refractivity contribution < 1.29 is 9.26 Å². The van der Waals surface area contributed by atoms with Crippen LogP contribution < -0.4 is 10.6 Å². The minimum Gasteiger partial charge on any atom is -0.373 e. The first-order chi connectivity index (χ1) is 13.8. The molecule has 0 aliphatic carbocycles. The van der Waals surface area contributed by atoms with Crippen molar-refractivity contribution in [2.45, 2.75) is 25.4 Å². The number of morpholine rings is 1. The van der Waals surface area contributed by atoms with E-state index in [2.05, 4.69) is 44.3 Å². The van der Waals surface area contributed by atoms with Crippen molar-refractivity contribution in [3.8, 4) is 11.5 Å². The molecule has 0 amide bonds. The van der Waals surface area contributed by atoms with Crippen molar-refractivity contribution in [3.63, 3.8) is 0 Å². The smallest absolute Gasteiger partial charge is 0.259 e. The molecule has 0 bridgehead atoms. The van der Waals surface area contributed by atoms with E-state index in [9.17, 15) is 0 Å². The third kappa shape index (κ3) is 4.55. The summed E-state index contributed by atoms with van der Waals surface area (Å²) in [4.78, 5) is 11.3. The van der Waals surface area contributed by atoms with Crippen LogP contribution >= 0.6 is 0 Å². The van der Waals surface area contributed by atoms with Gasteiger partial charge in [0.25, 0.3) is 5.89 Å². The molecule has 7 nitrogen and oxygen atoms in total. The van der Waals surface area contributed by atoms with Crippen LogP contribution in [0.1, 0.15) is 17.8 Å². The molecule has 0 radical (unpaired) electrons. The number of aryl methyl sites for hydroxylation is 2. The van der Waals surface area contributed by atoms with Gasteiger partial charge >= 0.3 is 0 Å². The van der Waals surface area contributed by atoms with Crippen LogP contribution in [0.15, 0.2) is 53.2 Å². The van der Waals surface area contributed by atoms with Gasteiger partial charge in [-0.25, -0.2) is 4.98 Å². The second-order valence-electron chi connectivity index (χ2n) is 6.93. The Kier molecular flexibility index (Phi) is 5.94. The molecule has 0 spiro atoms. The van der Waals surface area contributed by atoms with Gasteiger partial charge in [0.15, 0.2) is 5.82 Å². The Morgan fingerprint density at radius 1 is 1.11 bits per heavy atom. The predicted molar refractivity (Wildman–Crippen MR) is 107 cm³/mol. The van der Waals surface area contributed by atoms with E-state index >= 15 is 0 Å². The molecule has 2 aromatic heterocycles. The van der Waals surface area contributed by atoms with Crippen molar-refractivity contribution in [1.82, 2.24) is 15.1 Å². The second kappa shape index (κ2) is 8.95. The lowest BCUT2D eigenvalue weighted by molar-refractivity contribution is 0.0463. The molecule has 3 heterocycles. The zero-order chi connectivity index (χ0) is 19.2. The van der Waals surface area contributed by atoms with Gasteiger partial charge in [0.05, 0.1) is 18.3 Å². The van der Waals surface area contributed by atoms with Crippen molar-refractivity contribution in [1.29, 1.82) is 0 Å². The number of ether oxygens (including phenoxy) is 1. The van der Waals surface area contributed by atoms with Gasteiger partial charge in [-0.15, -0.1) is 0 Å². The summed E-state index contributed by atoms with van der Waals surface area (Å²) in [7, 11) is 0. The summed E-state index contributed by atoms with van der Waals surface area (Å²) < 4.78 is 11.0. The zero-order valence-electron chi connectivity index (χ0n) is 15.8. The van der Waals surface area contributed by atoms with Gasteiger partial charge in [0.1, 0.15) is 5.82 Å². The molecule has 1 aliphatic rings. The number of nitrogens with two attached hydrogens (primary N) is 1. The maximum absolute atomic E-state index is 5.71. The van der Waals surface area contributed by atoms with Gasteiger partial charge in [-0.2, -0.15) is 4.98 Å². The minimum atomic E-state index is 0.0598. The first-order valence-corrected chi connectivity index (χ1v) is 9.71. The Morgan fingerprint density at radius 3 is 2.79 bits per heavy atom. The van der Waals surface area contributed by atoms with Crippen molar-refractivity contribution in [2.24, 2.45) is 5.73 Å². The van der Waals surface area contributed by atoms with Crippen LogP contribution in [0.25, 0.3) is 11.5 Å². The lowest BCUT2D eigenvalue weighted by Gasteiger charge is -2.33. The fraction of sp³-hybridized carbons (Fsp3) is 0.381. The largest absolute Gasteiger partial charge is 0.373 e. The number of pyridine rings is 1. The third-order valence-corrected chi connectivity index (χ3v) is 4.90. The lowest BCUT2D eigenvalue weighted by atomic mass is 10.1. The van der Waals surface area contributed by atoms with Crippen molar-refractivity contribution in [3.05, 3.63) is 60.0 Å². The summed E-state index contributed by atoms with van der Waals surface area (Å²) in [6.07, 6.45) is 4.62. The average Bonchev–Trinajstić information content (AvgIpc) is 3.24. The van der Waals surface area contributed by atoms with E-state index in [4.69, 9.17) is 15.0 Å². The number of aromatic nitrogens is 3. The average molecular weight is 379 g/mol. The van der Waals surface area contributed by atoms with Gasteiger partial charge in [-0.1, -0.05) is 35.5 Å². The third-order valence-electron chi connectivity index (χ3n) is 4.90. The summed E-state index contributed by atoms with van der Waals surface area (Å²) in [6, 6.07) is 14.4. The highest BCUT2D eigenvalue weighted by molar-refractivity contribution is 5.54. The molecule has 0 saturated carbocycles. The second-order valence-corrected chi connectivity index (χ2v) is 6.93. The fourth-order valence-corrected chi connectivity index (χ4v) is 3.34. The van der Waals surface area contributed by atoms with Crippen LogP contribution in [-0.2, 0) is 17.6 Å². The standard InChI is InChI=1S/C21H25N5O2/c22-13-18-15-26(11-12-27-18)20-10-9-17(14-23-20)21-24-19(25-28-21)8-4-7-16-5-2-1-3-6-16/h1-3,5-6,9-10,14,18H,4,7-8,11-13,15,22H2. The molecule has 7 heteroatoms. The fourth-order valence-electron chi connectivity index (χ4n) is 3.34. The molecular weight excluding hydrogens is 354 g/mol. The summed E-state index contributed by atoms with van der Waals surface area (Å²) >= 11 is 0. The van der Waals surface area contributed by atoms with Crippen LogP contribution in [0.3, 0.4) is 0 Å². The highest BCUT2D eigenvalue weighted by Crippen LogP contribution is 2.21. The van der Waals surface area contributed by atoms with E-state index in [0.717, 1.165) is 49.6 Å². The molecule has 1 atom stereocenters. The minimum absolute atomic E-state index is 0.0598. The molecule has 1 aromatic carbocycles. The first-order valence-electron chi connectivity index (χ1n) is 9.71. The molecule has 2 N–H and O–H groups in total. The van der Waals surface area contributed by atoms with E-state index < -0.39 is 0 Å². The molecular formula is C21H25N5O2. The molecule has 1 fully saturated rings. The Balaban J connectivity index is 1.34. The lowest BCUT2D eigenvalue weighted by Crippen LogP contribution is -2.46. The molecule has 3 aromatic rings. The summed E-state index contributed by atoms with van der Waals surface area (Å²) in [6.45, 7) is 2.76. The van der Waals surface area contributed by atoms with E-state index in [1.807, 2.05) is 18.2 Å². The van der Waals surface area contributed by atoms with E-state index in [1.165, 1.54) is 5.56 Å². The van der Waals surface area contributed by atoms with Gasteiger partial charge < -0.3 is 19.9 Å². The summed E-state index contributed by atoms with van der Waals surface area (Å²) in [5.74, 6) is 2.15. The first kappa shape index (κ1) is 18.6. The molecule has 146 valence electrons. The van der Waals surface area contributed by atoms with E-state index in [-0.39, 0.29) is 6.10 Å².